The van der Waals surface area contributed by atoms with E-state index < -0.39 is 18.1 Å². The second kappa shape index (κ2) is 9.52. The third-order valence-corrected chi connectivity index (χ3v) is 5.32. The van der Waals surface area contributed by atoms with Gasteiger partial charge < -0.3 is 14.2 Å². The van der Waals surface area contributed by atoms with E-state index >= 15 is 0 Å². The van der Waals surface area contributed by atoms with Crippen LogP contribution in [0.4, 0.5) is 23.7 Å². The van der Waals surface area contributed by atoms with Crippen LogP contribution in [-0.2, 0) is 17.8 Å². The normalized spacial score (nSPS) is 13.4. The predicted octanol–water partition coefficient (Wildman–Crippen LogP) is 7.13. The number of carbonyl (C=O) groups is 1. The van der Waals surface area contributed by atoms with Crippen LogP contribution >= 0.6 is 0 Å². The molecular weight excluding hydrogens is 459 g/mol. The molecule has 35 heavy (non-hydrogen) atoms. The van der Waals surface area contributed by atoms with Gasteiger partial charge in [0.05, 0.1) is 5.69 Å². The number of benzene rings is 3. The molecule has 0 atom stereocenters. The molecule has 0 bridgehead atoms. The first-order chi connectivity index (χ1) is 16.5. The van der Waals surface area contributed by atoms with Crippen LogP contribution in [-0.4, -0.2) is 24.6 Å². The average molecular weight is 486 g/mol. The van der Waals surface area contributed by atoms with Crippen molar-refractivity contribution >= 4 is 11.8 Å². The Kier molecular flexibility index (Phi) is 6.65. The van der Waals surface area contributed by atoms with E-state index in [-0.39, 0.29) is 12.4 Å². The van der Waals surface area contributed by atoms with E-state index in [0.717, 1.165) is 11.3 Å². The topological polar surface area (TPSA) is 48.0 Å². The lowest BCUT2D eigenvalue weighted by molar-refractivity contribution is -0.274. The summed E-state index contributed by atoms with van der Waals surface area (Å²) in [7, 11) is 0. The number of alkyl halides is 3. The van der Waals surface area contributed by atoms with E-state index in [4.69, 9.17) is 9.47 Å². The van der Waals surface area contributed by atoms with Gasteiger partial charge in [-0.25, -0.2) is 4.79 Å². The Morgan fingerprint density at radius 2 is 1.71 bits per heavy atom. The largest absolute Gasteiger partial charge is 0.573 e. The Hall–Kier alpha value is -3.68. The second-order valence-corrected chi connectivity index (χ2v) is 9.21. The average Bonchev–Trinajstić information content (AvgIpc) is 3.20. The molecule has 0 fully saturated rings. The Morgan fingerprint density at radius 3 is 2.40 bits per heavy atom. The Balaban J connectivity index is 1.49. The molecule has 1 aliphatic rings. The molecule has 0 N–H and O–H groups in total. The second-order valence-electron chi connectivity index (χ2n) is 9.21. The smallest absolute Gasteiger partial charge is 0.489 e. The zero-order valence-electron chi connectivity index (χ0n) is 19.7. The number of carbonyl (C=O) groups excluding carboxylic acids is 1. The van der Waals surface area contributed by atoms with Gasteiger partial charge in [-0.3, -0.25) is 4.90 Å². The fourth-order valence-corrected chi connectivity index (χ4v) is 3.86. The minimum atomic E-state index is -4.82. The van der Waals surface area contributed by atoms with Gasteiger partial charge in [0.1, 0.15) is 23.7 Å². The molecule has 0 aromatic heterocycles. The molecule has 1 aliphatic heterocycles. The van der Waals surface area contributed by atoms with Gasteiger partial charge in [-0.15, -0.1) is 13.2 Å². The number of hydrogen-bond donors (Lipinski definition) is 0. The summed E-state index contributed by atoms with van der Waals surface area (Å²) in [6.45, 7) is 6.01. The maximum absolute atomic E-state index is 13.0. The summed E-state index contributed by atoms with van der Waals surface area (Å²) in [5, 5.41) is 0. The van der Waals surface area contributed by atoms with Gasteiger partial charge in [-0.2, -0.15) is 0 Å². The fraction of sp³-hybridized carbons (Fsp3) is 0.296. The lowest BCUT2D eigenvalue weighted by atomic mass is 10.0. The predicted molar refractivity (Wildman–Crippen MR) is 127 cm³/mol. The Labute approximate surface area is 202 Å². The quantitative estimate of drug-likeness (QED) is 0.386. The summed E-state index contributed by atoms with van der Waals surface area (Å²) in [6.07, 6.45) is -4.56. The van der Waals surface area contributed by atoms with Crippen LogP contribution in [0.25, 0.3) is 11.1 Å². The summed E-state index contributed by atoms with van der Waals surface area (Å²) in [5.41, 5.74) is 2.60. The lowest BCUT2D eigenvalue weighted by Crippen LogP contribution is -2.35. The zero-order valence-corrected chi connectivity index (χ0v) is 19.7. The molecule has 1 heterocycles. The first kappa shape index (κ1) is 24.4. The van der Waals surface area contributed by atoms with Crippen molar-refractivity contribution in [1.82, 2.24) is 0 Å². The molecule has 1 amide bonds. The lowest BCUT2D eigenvalue weighted by Gasteiger charge is -2.24. The number of amides is 1. The molecule has 3 aromatic rings. The highest BCUT2D eigenvalue weighted by Crippen LogP contribution is 2.36. The monoisotopic (exact) mass is 485 g/mol. The highest BCUT2D eigenvalue weighted by molar-refractivity contribution is 5.90. The molecule has 4 rings (SSSR count). The van der Waals surface area contributed by atoms with Crippen LogP contribution in [0, 0.1) is 0 Å². The van der Waals surface area contributed by atoms with Crippen molar-refractivity contribution < 1.29 is 32.2 Å². The first-order valence-electron chi connectivity index (χ1n) is 11.2. The van der Waals surface area contributed by atoms with Crippen LogP contribution in [0.2, 0.25) is 0 Å². The molecule has 5 nitrogen and oxygen atoms in total. The summed E-state index contributed by atoms with van der Waals surface area (Å²) in [5.74, 6) is 0.270. The van der Waals surface area contributed by atoms with Crippen LogP contribution in [0.5, 0.6) is 11.5 Å². The van der Waals surface area contributed by atoms with E-state index in [1.807, 2.05) is 26.8 Å². The summed E-state index contributed by atoms with van der Waals surface area (Å²) in [4.78, 5) is 14.1. The van der Waals surface area contributed by atoms with Crippen molar-refractivity contribution in [1.29, 1.82) is 0 Å². The van der Waals surface area contributed by atoms with Gasteiger partial charge in [0, 0.05) is 12.1 Å². The van der Waals surface area contributed by atoms with Gasteiger partial charge in [0.25, 0.3) is 0 Å². The molecule has 0 radical (unpaired) electrons. The summed E-state index contributed by atoms with van der Waals surface area (Å²) in [6, 6.07) is 18.7. The number of halogens is 3. The van der Waals surface area contributed by atoms with E-state index in [9.17, 15) is 18.0 Å². The maximum Gasteiger partial charge on any atom is 0.573 e. The molecule has 0 spiro atoms. The summed E-state index contributed by atoms with van der Waals surface area (Å²) < 4.78 is 54.7. The van der Waals surface area contributed by atoms with Crippen molar-refractivity contribution in [3.8, 4) is 22.6 Å². The number of anilines is 1. The molecule has 8 heteroatoms. The molecular formula is C27H26F3NO4. The molecule has 184 valence electrons. The van der Waals surface area contributed by atoms with Crippen LogP contribution in [0.3, 0.4) is 0 Å². The van der Waals surface area contributed by atoms with Crippen molar-refractivity contribution in [2.24, 2.45) is 0 Å². The van der Waals surface area contributed by atoms with E-state index in [1.165, 1.54) is 6.07 Å². The van der Waals surface area contributed by atoms with Gasteiger partial charge >= 0.3 is 12.5 Å². The van der Waals surface area contributed by atoms with Crippen molar-refractivity contribution in [3.63, 3.8) is 0 Å². The van der Waals surface area contributed by atoms with E-state index in [1.54, 1.807) is 59.5 Å². The Morgan fingerprint density at radius 1 is 0.971 bits per heavy atom. The van der Waals surface area contributed by atoms with E-state index in [0.29, 0.717) is 35.4 Å². The molecule has 0 saturated heterocycles. The van der Waals surface area contributed by atoms with Crippen molar-refractivity contribution in [2.75, 3.05) is 11.4 Å². The number of nitrogens with zero attached hydrogens (tertiary/aromatic N) is 1. The van der Waals surface area contributed by atoms with Crippen molar-refractivity contribution in [2.45, 2.75) is 45.8 Å². The maximum atomic E-state index is 13.0. The van der Waals surface area contributed by atoms with Gasteiger partial charge in [0.2, 0.25) is 0 Å². The van der Waals surface area contributed by atoms with Crippen LogP contribution < -0.4 is 14.4 Å². The third-order valence-electron chi connectivity index (χ3n) is 5.32. The van der Waals surface area contributed by atoms with Crippen LogP contribution in [0.15, 0.2) is 66.7 Å². The molecule has 0 saturated carbocycles. The number of rotatable bonds is 5. The van der Waals surface area contributed by atoms with Crippen molar-refractivity contribution in [3.05, 3.63) is 77.9 Å². The van der Waals surface area contributed by atoms with E-state index in [2.05, 4.69) is 4.74 Å². The third kappa shape index (κ3) is 6.26. The first-order valence-corrected chi connectivity index (χ1v) is 11.2. The highest BCUT2D eigenvalue weighted by atomic mass is 19.4. The van der Waals surface area contributed by atoms with Gasteiger partial charge in [-0.05, 0) is 68.1 Å². The fourth-order valence-electron chi connectivity index (χ4n) is 3.86. The molecule has 0 aliphatic carbocycles. The number of fused-ring (bicyclic) bond motifs is 1. The Bertz CT molecular complexity index is 1200. The molecule has 3 aromatic carbocycles. The molecule has 0 unspecified atom stereocenters. The SMILES string of the molecule is CC(C)(C)OC(=O)N1CCc2cc(OCc3ccc(-c4ccccc4)c(OC(F)(F)F)c3)ccc21. The van der Waals surface area contributed by atoms with Gasteiger partial charge in [0.15, 0.2) is 0 Å². The number of hydrogen-bond acceptors (Lipinski definition) is 4. The standard InChI is InChI=1S/C27H26F3NO4/c1-26(2,3)35-25(32)31-14-13-20-16-21(10-12-23(20)31)33-17-18-9-11-22(19-7-5-4-6-8-19)24(15-18)34-27(28,29)30/h4-12,15-16H,13-14,17H2,1-3H3. The minimum absolute atomic E-state index is 0.0534. The summed E-state index contributed by atoms with van der Waals surface area (Å²) >= 11 is 0. The minimum Gasteiger partial charge on any atom is -0.489 e. The highest BCUT2D eigenvalue weighted by Gasteiger charge is 2.32. The van der Waals surface area contributed by atoms with Crippen LogP contribution in [0.1, 0.15) is 31.9 Å². The zero-order chi connectivity index (χ0) is 25.2. The van der Waals surface area contributed by atoms with Gasteiger partial charge in [-0.1, -0.05) is 42.5 Å². The number of ether oxygens (including phenoxy) is 3.